The number of carbonyl (C=O) groups is 1. The second-order valence-corrected chi connectivity index (χ2v) is 10.4. The molecule has 1 atom stereocenters. The van der Waals surface area contributed by atoms with Gasteiger partial charge < -0.3 is 5.32 Å². The molecule has 1 aromatic carbocycles. The number of benzene rings is 1. The van der Waals surface area contributed by atoms with Gasteiger partial charge in [-0.1, -0.05) is 25.1 Å². The van der Waals surface area contributed by atoms with Crippen LogP contribution in [0, 0.1) is 11.8 Å². The minimum absolute atomic E-state index is 0.000461. The molecule has 1 amide bonds. The maximum atomic E-state index is 13.3. The zero-order chi connectivity index (χ0) is 20.4. The number of carbonyl (C=O) groups excluding carboxylic acids is 1. The average molecular weight is 416 g/mol. The normalized spacial score (nSPS) is 26.3. The van der Waals surface area contributed by atoms with Gasteiger partial charge in [0.05, 0.1) is 11.4 Å². The van der Waals surface area contributed by atoms with Gasteiger partial charge in [0.2, 0.25) is 15.9 Å². The van der Waals surface area contributed by atoms with E-state index in [0.717, 1.165) is 43.4 Å². The van der Waals surface area contributed by atoms with E-state index in [0.29, 0.717) is 18.5 Å². The van der Waals surface area contributed by atoms with Crippen molar-refractivity contribution in [3.63, 3.8) is 0 Å². The quantitative estimate of drug-likeness (QED) is 0.831. The lowest BCUT2D eigenvalue weighted by Crippen LogP contribution is -2.48. The summed E-state index contributed by atoms with van der Waals surface area (Å²) >= 11 is 0. The molecule has 2 aromatic rings. The lowest BCUT2D eigenvalue weighted by atomic mass is 9.87. The molecule has 1 N–H and O–H groups in total. The molecule has 1 aromatic heterocycles. The van der Waals surface area contributed by atoms with E-state index in [1.165, 1.54) is 4.31 Å². The molecular weight excluding hydrogens is 386 g/mol. The topological polar surface area (TPSA) is 79.4 Å². The third-order valence-electron chi connectivity index (χ3n) is 6.33. The van der Waals surface area contributed by atoms with Crippen molar-refractivity contribution in [1.29, 1.82) is 0 Å². The first kappa shape index (κ1) is 20.3. The minimum atomic E-state index is -3.70. The summed E-state index contributed by atoms with van der Waals surface area (Å²) in [5.74, 6) is 0.439. The molecule has 156 valence electrons. The van der Waals surface area contributed by atoms with E-state index in [2.05, 4.69) is 17.2 Å². The monoisotopic (exact) mass is 415 g/mol. The Morgan fingerprint density at radius 1 is 1.10 bits per heavy atom. The number of para-hydroxylation sites is 1. The van der Waals surface area contributed by atoms with E-state index in [1.54, 1.807) is 24.4 Å². The first-order valence-corrected chi connectivity index (χ1v) is 12.0. The second-order valence-electron chi connectivity index (χ2n) is 8.50. The number of sulfonamides is 1. The van der Waals surface area contributed by atoms with Crippen LogP contribution in [0.25, 0.3) is 10.9 Å². The van der Waals surface area contributed by atoms with Gasteiger partial charge in [0.25, 0.3) is 0 Å². The van der Waals surface area contributed by atoms with E-state index in [4.69, 9.17) is 0 Å². The van der Waals surface area contributed by atoms with Gasteiger partial charge in [0.1, 0.15) is 4.90 Å². The summed E-state index contributed by atoms with van der Waals surface area (Å²) in [6.07, 6.45) is 7.35. The molecule has 0 radical (unpaired) electrons. The molecular formula is C22H29N3O3S. The van der Waals surface area contributed by atoms with Crippen LogP contribution in [-0.2, 0) is 14.8 Å². The number of amides is 1. The first-order chi connectivity index (χ1) is 13.9. The van der Waals surface area contributed by atoms with Crippen LogP contribution in [0.15, 0.2) is 41.4 Å². The van der Waals surface area contributed by atoms with Crippen LogP contribution in [0.1, 0.15) is 45.4 Å². The largest absolute Gasteiger partial charge is 0.353 e. The lowest BCUT2D eigenvalue weighted by Gasteiger charge is -2.33. The van der Waals surface area contributed by atoms with Gasteiger partial charge in [-0.3, -0.25) is 9.78 Å². The number of pyridine rings is 1. The van der Waals surface area contributed by atoms with Gasteiger partial charge >= 0.3 is 0 Å². The standard InChI is InChI=1S/C22H29N3O3S/c1-16-9-11-19(12-10-16)24-22(26)18-7-4-14-25(15-18)29(27,28)20-8-2-5-17-6-3-13-23-21(17)20/h2-3,5-6,8,13,16,18-19H,4,7,9-12,14-15H2,1H3,(H,24,26)/t16?,18-,19?/m0/s1. The van der Waals surface area contributed by atoms with Gasteiger partial charge in [-0.05, 0) is 56.6 Å². The van der Waals surface area contributed by atoms with Crippen LogP contribution in [-0.4, -0.2) is 42.7 Å². The van der Waals surface area contributed by atoms with Crippen molar-refractivity contribution >= 4 is 26.8 Å². The molecule has 0 unspecified atom stereocenters. The minimum Gasteiger partial charge on any atom is -0.353 e. The third-order valence-corrected chi connectivity index (χ3v) is 8.23. The average Bonchev–Trinajstić information content (AvgIpc) is 2.75. The van der Waals surface area contributed by atoms with Crippen molar-refractivity contribution < 1.29 is 13.2 Å². The predicted octanol–water partition coefficient (Wildman–Crippen LogP) is 3.33. The molecule has 29 heavy (non-hydrogen) atoms. The highest BCUT2D eigenvalue weighted by Crippen LogP contribution is 2.29. The molecule has 2 aliphatic rings. The number of nitrogens with zero attached hydrogens (tertiary/aromatic N) is 2. The smallest absolute Gasteiger partial charge is 0.245 e. The van der Waals surface area contributed by atoms with Gasteiger partial charge in [-0.25, -0.2) is 8.42 Å². The summed E-state index contributed by atoms with van der Waals surface area (Å²) in [5.41, 5.74) is 0.484. The van der Waals surface area contributed by atoms with Crippen molar-refractivity contribution in [2.24, 2.45) is 11.8 Å². The predicted molar refractivity (Wildman–Crippen MR) is 113 cm³/mol. The van der Waals surface area contributed by atoms with Crippen LogP contribution >= 0.6 is 0 Å². The highest BCUT2D eigenvalue weighted by Gasteiger charge is 2.35. The van der Waals surface area contributed by atoms with Crippen LogP contribution in [0.3, 0.4) is 0 Å². The molecule has 1 aliphatic carbocycles. The fourth-order valence-corrected chi connectivity index (χ4v) is 6.21. The molecule has 6 nitrogen and oxygen atoms in total. The Bertz CT molecular complexity index is 978. The summed E-state index contributed by atoms with van der Waals surface area (Å²) in [5, 5.41) is 3.98. The summed E-state index contributed by atoms with van der Waals surface area (Å²) in [7, 11) is -3.70. The number of hydrogen-bond acceptors (Lipinski definition) is 4. The van der Waals surface area contributed by atoms with Crippen molar-refractivity contribution in [2.75, 3.05) is 13.1 Å². The van der Waals surface area contributed by atoms with E-state index >= 15 is 0 Å². The second kappa shape index (κ2) is 8.40. The molecule has 1 aliphatic heterocycles. The maximum absolute atomic E-state index is 13.3. The number of hydrogen-bond donors (Lipinski definition) is 1. The number of nitrogens with one attached hydrogen (secondary N) is 1. The Morgan fingerprint density at radius 2 is 1.86 bits per heavy atom. The molecule has 0 spiro atoms. The van der Waals surface area contributed by atoms with Crippen molar-refractivity contribution in [1.82, 2.24) is 14.6 Å². The molecule has 0 bridgehead atoms. The number of rotatable bonds is 4. The third kappa shape index (κ3) is 4.31. The molecule has 4 rings (SSSR count). The van der Waals surface area contributed by atoms with Crippen molar-refractivity contribution in [3.8, 4) is 0 Å². The van der Waals surface area contributed by atoms with Crippen molar-refractivity contribution in [3.05, 3.63) is 36.5 Å². The summed E-state index contributed by atoms with van der Waals surface area (Å²) in [6.45, 7) is 2.93. The van der Waals surface area contributed by atoms with Crippen LogP contribution < -0.4 is 5.32 Å². The lowest BCUT2D eigenvalue weighted by molar-refractivity contribution is -0.127. The Kier molecular flexibility index (Phi) is 5.88. The van der Waals surface area contributed by atoms with E-state index in [9.17, 15) is 13.2 Å². The highest BCUT2D eigenvalue weighted by molar-refractivity contribution is 7.89. The van der Waals surface area contributed by atoms with Crippen LogP contribution in [0.5, 0.6) is 0 Å². The van der Waals surface area contributed by atoms with Gasteiger partial charge in [-0.15, -0.1) is 0 Å². The Hall–Kier alpha value is -1.99. The molecule has 1 saturated heterocycles. The van der Waals surface area contributed by atoms with E-state index in [1.807, 2.05) is 12.1 Å². The van der Waals surface area contributed by atoms with Gasteiger partial charge in [0.15, 0.2) is 0 Å². The Morgan fingerprint density at radius 3 is 2.66 bits per heavy atom. The van der Waals surface area contributed by atoms with Crippen LogP contribution in [0.4, 0.5) is 0 Å². The Labute approximate surface area is 172 Å². The fourth-order valence-electron chi connectivity index (χ4n) is 4.52. The summed E-state index contributed by atoms with van der Waals surface area (Å²) in [6, 6.07) is 9.10. The van der Waals surface area contributed by atoms with Gasteiger partial charge in [-0.2, -0.15) is 4.31 Å². The summed E-state index contributed by atoms with van der Waals surface area (Å²) < 4.78 is 28.2. The molecule has 2 heterocycles. The highest BCUT2D eigenvalue weighted by atomic mass is 32.2. The summed E-state index contributed by atoms with van der Waals surface area (Å²) in [4.78, 5) is 17.3. The van der Waals surface area contributed by atoms with Crippen molar-refractivity contribution in [2.45, 2.75) is 56.4 Å². The fraction of sp³-hybridized carbons (Fsp3) is 0.545. The molecule has 1 saturated carbocycles. The zero-order valence-electron chi connectivity index (χ0n) is 16.9. The maximum Gasteiger partial charge on any atom is 0.245 e. The van der Waals surface area contributed by atoms with E-state index in [-0.39, 0.29) is 29.3 Å². The number of aromatic nitrogens is 1. The molecule has 2 fully saturated rings. The van der Waals surface area contributed by atoms with Crippen LogP contribution in [0.2, 0.25) is 0 Å². The number of fused-ring (bicyclic) bond motifs is 1. The number of piperidine rings is 1. The molecule has 7 heteroatoms. The Balaban J connectivity index is 1.49. The zero-order valence-corrected chi connectivity index (χ0v) is 17.7. The van der Waals surface area contributed by atoms with E-state index < -0.39 is 10.0 Å². The SMILES string of the molecule is CC1CCC(NC(=O)[C@H]2CCCN(S(=O)(=O)c3cccc4cccnc34)C2)CC1. The first-order valence-electron chi connectivity index (χ1n) is 10.6. The van der Waals surface area contributed by atoms with Gasteiger partial charge in [0, 0.05) is 30.7 Å².